The van der Waals surface area contributed by atoms with Crippen molar-refractivity contribution in [2.45, 2.75) is 13.0 Å². The average Bonchev–Trinajstić information content (AvgIpc) is 2.74. The summed E-state index contributed by atoms with van der Waals surface area (Å²) in [5.74, 6) is 0. The Morgan fingerprint density at radius 2 is 2.13 bits per heavy atom. The number of halogens is 1. The summed E-state index contributed by atoms with van der Waals surface area (Å²) < 4.78 is 0. The van der Waals surface area contributed by atoms with Crippen LogP contribution in [0.25, 0.3) is 0 Å². The minimum absolute atomic E-state index is 0.0408. The van der Waals surface area contributed by atoms with E-state index in [0.717, 1.165) is 16.1 Å². The molecular formula is C12H12ClNS. The third kappa shape index (κ3) is 2.23. The van der Waals surface area contributed by atoms with E-state index in [1.165, 1.54) is 4.88 Å². The highest BCUT2D eigenvalue weighted by molar-refractivity contribution is 7.10. The van der Waals surface area contributed by atoms with E-state index in [1.54, 1.807) is 11.3 Å². The van der Waals surface area contributed by atoms with Gasteiger partial charge in [-0.05, 0) is 35.6 Å². The molecule has 0 amide bonds. The van der Waals surface area contributed by atoms with Crippen LogP contribution in [-0.4, -0.2) is 0 Å². The minimum atomic E-state index is -0.0408. The van der Waals surface area contributed by atoms with Crippen LogP contribution in [0.15, 0.2) is 35.7 Å². The molecule has 1 atom stereocenters. The second-order valence-electron chi connectivity index (χ2n) is 3.50. The van der Waals surface area contributed by atoms with E-state index in [-0.39, 0.29) is 6.04 Å². The molecule has 1 aromatic heterocycles. The monoisotopic (exact) mass is 237 g/mol. The first kappa shape index (κ1) is 10.7. The Labute approximate surface area is 98.5 Å². The van der Waals surface area contributed by atoms with Crippen molar-refractivity contribution in [3.05, 3.63) is 56.7 Å². The summed E-state index contributed by atoms with van der Waals surface area (Å²) in [6, 6.07) is 9.97. The number of benzene rings is 1. The molecular weight excluding hydrogens is 226 g/mol. The third-order valence-corrected chi connectivity index (χ3v) is 3.77. The van der Waals surface area contributed by atoms with E-state index in [4.69, 9.17) is 17.3 Å². The summed E-state index contributed by atoms with van der Waals surface area (Å²) in [6.07, 6.45) is 0. The fraction of sp³-hybridized carbons (Fsp3) is 0.167. The molecule has 1 heterocycles. The fourth-order valence-corrected chi connectivity index (χ4v) is 2.37. The summed E-state index contributed by atoms with van der Waals surface area (Å²) in [5.41, 5.74) is 8.33. The highest BCUT2D eigenvalue weighted by Gasteiger charge is 2.10. The van der Waals surface area contributed by atoms with Crippen molar-refractivity contribution in [1.29, 1.82) is 0 Å². The Morgan fingerprint density at radius 1 is 1.33 bits per heavy atom. The summed E-state index contributed by atoms with van der Waals surface area (Å²) in [4.78, 5) is 1.18. The van der Waals surface area contributed by atoms with Crippen LogP contribution in [0.2, 0.25) is 5.02 Å². The number of rotatable bonds is 2. The van der Waals surface area contributed by atoms with E-state index in [1.807, 2.05) is 36.6 Å². The van der Waals surface area contributed by atoms with Crippen LogP contribution in [-0.2, 0) is 0 Å². The maximum atomic E-state index is 6.15. The van der Waals surface area contributed by atoms with Gasteiger partial charge >= 0.3 is 0 Å². The van der Waals surface area contributed by atoms with Crippen molar-refractivity contribution in [3.63, 3.8) is 0 Å². The molecule has 78 valence electrons. The van der Waals surface area contributed by atoms with Gasteiger partial charge < -0.3 is 5.73 Å². The van der Waals surface area contributed by atoms with Gasteiger partial charge in [-0.1, -0.05) is 29.8 Å². The van der Waals surface area contributed by atoms with Crippen molar-refractivity contribution in [2.75, 3.05) is 0 Å². The summed E-state index contributed by atoms with van der Waals surface area (Å²) in [5, 5.41) is 2.83. The molecule has 0 saturated heterocycles. The Kier molecular flexibility index (Phi) is 3.10. The maximum absolute atomic E-state index is 6.15. The summed E-state index contributed by atoms with van der Waals surface area (Å²) in [7, 11) is 0. The van der Waals surface area contributed by atoms with E-state index < -0.39 is 0 Å². The second kappa shape index (κ2) is 4.35. The van der Waals surface area contributed by atoms with E-state index in [0.29, 0.717) is 0 Å². The van der Waals surface area contributed by atoms with Gasteiger partial charge in [-0.25, -0.2) is 0 Å². The lowest BCUT2D eigenvalue weighted by atomic mass is 10.0. The first-order valence-electron chi connectivity index (χ1n) is 4.73. The smallest absolute Gasteiger partial charge is 0.0646 e. The largest absolute Gasteiger partial charge is 0.320 e. The van der Waals surface area contributed by atoms with Gasteiger partial charge in [0.15, 0.2) is 0 Å². The quantitative estimate of drug-likeness (QED) is 0.846. The molecule has 1 aromatic carbocycles. The summed E-state index contributed by atoms with van der Waals surface area (Å²) in [6.45, 7) is 1.99. The SMILES string of the molecule is Cc1cc(C(N)c2cccs2)ccc1Cl. The van der Waals surface area contributed by atoms with Crippen molar-refractivity contribution in [2.24, 2.45) is 5.73 Å². The zero-order valence-corrected chi connectivity index (χ0v) is 9.98. The lowest BCUT2D eigenvalue weighted by molar-refractivity contribution is 0.891. The molecule has 0 aliphatic carbocycles. The molecule has 15 heavy (non-hydrogen) atoms. The van der Waals surface area contributed by atoms with Crippen molar-refractivity contribution < 1.29 is 0 Å². The van der Waals surface area contributed by atoms with Gasteiger partial charge in [0, 0.05) is 9.90 Å². The van der Waals surface area contributed by atoms with Gasteiger partial charge in [0.1, 0.15) is 0 Å². The van der Waals surface area contributed by atoms with Gasteiger partial charge in [-0.15, -0.1) is 11.3 Å². The second-order valence-corrected chi connectivity index (χ2v) is 4.89. The van der Waals surface area contributed by atoms with Gasteiger partial charge in [0.2, 0.25) is 0 Å². The Bertz CT molecular complexity index is 451. The first-order chi connectivity index (χ1) is 7.18. The Hall–Kier alpha value is -0.830. The molecule has 0 fully saturated rings. The van der Waals surface area contributed by atoms with Gasteiger partial charge in [0.25, 0.3) is 0 Å². The van der Waals surface area contributed by atoms with Gasteiger partial charge in [-0.2, -0.15) is 0 Å². The molecule has 0 radical (unpaired) electrons. The minimum Gasteiger partial charge on any atom is -0.320 e. The zero-order valence-electron chi connectivity index (χ0n) is 8.41. The highest BCUT2D eigenvalue weighted by Crippen LogP contribution is 2.26. The maximum Gasteiger partial charge on any atom is 0.0646 e. The van der Waals surface area contributed by atoms with E-state index >= 15 is 0 Å². The molecule has 0 aliphatic rings. The molecule has 2 aromatic rings. The van der Waals surface area contributed by atoms with Crippen LogP contribution in [0.4, 0.5) is 0 Å². The van der Waals surface area contributed by atoms with Crippen LogP contribution >= 0.6 is 22.9 Å². The predicted octanol–water partition coefficient (Wildman–Crippen LogP) is 3.76. The molecule has 0 saturated carbocycles. The number of nitrogens with two attached hydrogens (primary N) is 1. The molecule has 1 unspecified atom stereocenters. The van der Waals surface area contributed by atoms with Crippen molar-refractivity contribution in [3.8, 4) is 0 Å². The Balaban J connectivity index is 2.34. The average molecular weight is 238 g/mol. The van der Waals surface area contributed by atoms with E-state index in [9.17, 15) is 0 Å². The molecule has 0 aliphatic heterocycles. The molecule has 0 bridgehead atoms. The van der Waals surface area contributed by atoms with Gasteiger partial charge in [-0.3, -0.25) is 0 Å². The highest BCUT2D eigenvalue weighted by atomic mass is 35.5. The number of hydrogen-bond donors (Lipinski definition) is 1. The predicted molar refractivity (Wildman–Crippen MR) is 66.5 cm³/mol. The van der Waals surface area contributed by atoms with Crippen LogP contribution in [0.5, 0.6) is 0 Å². The summed E-state index contributed by atoms with van der Waals surface area (Å²) >= 11 is 7.65. The topological polar surface area (TPSA) is 26.0 Å². The van der Waals surface area contributed by atoms with Crippen molar-refractivity contribution >= 4 is 22.9 Å². The molecule has 0 spiro atoms. The Morgan fingerprint density at radius 3 is 2.73 bits per heavy atom. The van der Waals surface area contributed by atoms with Crippen molar-refractivity contribution in [1.82, 2.24) is 0 Å². The molecule has 2 rings (SSSR count). The standard InChI is InChI=1S/C12H12ClNS/c1-8-7-9(4-5-10(8)13)12(14)11-3-2-6-15-11/h2-7,12H,14H2,1H3. The lowest BCUT2D eigenvalue weighted by Crippen LogP contribution is -2.10. The van der Waals surface area contributed by atoms with Crippen LogP contribution < -0.4 is 5.73 Å². The fourth-order valence-electron chi connectivity index (χ4n) is 1.49. The number of thiophene rings is 1. The normalized spacial score (nSPS) is 12.7. The van der Waals surface area contributed by atoms with Crippen LogP contribution in [0, 0.1) is 6.92 Å². The third-order valence-electron chi connectivity index (χ3n) is 2.39. The van der Waals surface area contributed by atoms with E-state index in [2.05, 4.69) is 6.07 Å². The molecule has 1 nitrogen and oxygen atoms in total. The lowest BCUT2D eigenvalue weighted by Gasteiger charge is -2.11. The van der Waals surface area contributed by atoms with Gasteiger partial charge in [0.05, 0.1) is 6.04 Å². The molecule has 3 heteroatoms. The number of aryl methyl sites for hydroxylation is 1. The molecule has 2 N–H and O–H groups in total. The van der Waals surface area contributed by atoms with Crippen LogP contribution in [0.3, 0.4) is 0 Å². The van der Waals surface area contributed by atoms with Crippen LogP contribution in [0.1, 0.15) is 22.0 Å². The first-order valence-corrected chi connectivity index (χ1v) is 5.99. The zero-order chi connectivity index (χ0) is 10.8. The number of hydrogen-bond acceptors (Lipinski definition) is 2.